The number of aromatic nitrogens is 5. The summed E-state index contributed by atoms with van der Waals surface area (Å²) >= 11 is 0. The van der Waals surface area contributed by atoms with Crippen molar-refractivity contribution in [3.8, 4) is 23.1 Å². The molecule has 0 amide bonds. The molecule has 0 atom stereocenters. The predicted octanol–water partition coefficient (Wildman–Crippen LogP) is 1.18. The molecule has 0 saturated carbocycles. The fourth-order valence-electron chi connectivity index (χ4n) is 1.77. The molecule has 0 saturated heterocycles. The highest BCUT2D eigenvalue weighted by atomic mass is 16.3. The average Bonchev–Trinajstić information content (AvgIpc) is 2.78. The van der Waals surface area contributed by atoms with E-state index in [1.165, 1.54) is 0 Å². The lowest BCUT2D eigenvalue weighted by Crippen LogP contribution is -2.06. The molecule has 1 aromatic carbocycles. The molecule has 2 aliphatic heterocycles. The van der Waals surface area contributed by atoms with E-state index in [0.29, 0.717) is 17.3 Å². The van der Waals surface area contributed by atoms with Crippen LogP contribution in [0.3, 0.4) is 0 Å². The molecular weight excluding hydrogens is 218 g/mol. The molecule has 0 fully saturated rings. The van der Waals surface area contributed by atoms with E-state index >= 15 is 0 Å². The van der Waals surface area contributed by atoms with Gasteiger partial charge in [0, 0.05) is 0 Å². The van der Waals surface area contributed by atoms with Gasteiger partial charge in [-0.05, 0) is 24.3 Å². The summed E-state index contributed by atoms with van der Waals surface area (Å²) in [5, 5.41) is 21.1. The van der Waals surface area contributed by atoms with Crippen molar-refractivity contribution in [1.82, 2.24) is 25.0 Å². The van der Waals surface area contributed by atoms with Gasteiger partial charge < -0.3 is 5.11 Å². The first-order valence-electron chi connectivity index (χ1n) is 5.10. The zero-order valence-corrected chi connectivity index (χ0v) is 9.07. The summed E-state index contributed by atoms with van der Waals surface area (Å²) in [5.41, 5.74) is 1.12. The van der Waals surface area contributed by atoms with Crippen LogP contribution < -0.4 is 0 Å². The van der Waals surface area contributed by atoms with Gasteiger partial charge in [-0.25, -0.2) is 4.98 Å². The number of para-hydroxylation sites is 1. The van der Waals surface area contributed by atoms with Crippen LogP contribution in [-0.4, -0.2) is 30.1 Å². The number of hydrogen-bond donors (Lipinski definition) is 1. The average molecular weight is 227 g/mol. The van der Waals surface area contributed by atoms with E-state index in [0.717, 1.165) is 5.69 Å². The Kier molecular flexibility index (Phi) is 2.01. The first-order valence-corrected chi connectivity index (χ1v) is 5.10. The molecule has 2 heterocycles. The molecule has 2 aliphatic rings. The van der Waals surface area contributed by atoms with E-state index in [9.17, 15) is 5.11 Å². The van der Waals surface area contributed by atoms with Gasteiger partial charge in [0.25, 0.3) is 0 Å². The second-order valence-corrected chi connectivity index (χ2v) is 3.62. The summed E-state index contributed by atoms with van der Waals surface area (Å²) in [6.45, 7) is 1.79. The van der Waals surface area contributed by atoms with E-state index in [1.807, 2.05) is 30.3 Å². The largest absolute Gasteiger partial charge is 0.492 e. The highest BCUT2D eigenvalue weighted by Gasteiger charge is 2.20. The van der Waals surface area contributed by atoms with Crippen molar-refractivity contribution in [3.05, 3.63) is 36.2 Å². The van der Waals surface area contributed by atoms with E-state index in [-0.39, 0.29) is 5.88 Å². The van der Waals surface area contributed by atoms with Crippen LogP contribution in [-0.2, 0) is 0 Å². The normalized spacial score (nSPS) is 10.9. The molecule has 0 unspecified atom stereocenters. The van der Waals surface area contributed by atoms with Crippen LogP contribution >= 0.6 is 0 Å². The van der Waals surface area contributed by atoms with Gasteiger partial charge >= 0.3 is 0 Å². The number of nitrogens with zero attached hydrogens (tertiary/aromatic N) is 5. The lowest BCUT2D eigenvalue weighted by molar-refractivity contribution is 0.433. The third-order valence-electron chi connectivity index (χ3n) is 2.53. The maximum Gasteiger partial charge on any atom is 0.229 e. The number of rotatable bonds is 1. The minimum absolute atomic E-state index is 0.00343. The van der Waals surface area contributed by atoms with Crippen molar-refractivity contribution in [2.45, 2.75) is 6.92 Å². The lowest BCUT2D eigenvalue weighted by Gasteiger charge is -2.13. The molecule has 0 radical (unpaired) electrons. The van der Waals surface area contributed by atoms with E-state index in [1.54, 1.807) is 11.5 Å². The van der Waals surface area contributed by atoms with E-state index < -0.39 is 0 Å². The van der Waals surface area contributed by atoms with Gasteiger partial charge in [0.2, 0.25) is 11.7 Å². The predicted molar refractivity (Wildman–Crippen MR) is 60.0 cm³/mol. The minimum atomic E-state index is 0.00343. The highest BCUT2D eigenvalue weighted by Crippen LogP contribution is 2.28. The number of aromatic hydroxyl groups is 1. The van der Waals surface area contributed by atoms with Crippen molar-refractivity contribution in [3.63, 3.8) is 0 Å². The summed E-state index contributed by atoms with van der Waals surface area (Å²) in [6, 6.07) is 9.45. The minimum Gasteiger partial charge on any atom is -0.492 e. The summed E-state index contributed by atoms with van der Waals surface area (Å²) in [7, 11) is 0. The molecule has 0 aromatic heterocycles. The molecule has 1 aromatic rings. The van der Waals surface area contributed by atoms with E-state index in [2.05, 4.69) is 20.4 Å². The first kappa shape index (κ1) is 9.71. The van der Waals surface area contributed by atoms with Crippen LogP contribution in [0.2, 0.25) is 0 Å². The lowest BCUT2D eigenvalue weighted by atomic mass is 10.3. The zero-order valence-electron chi connectivity index (χ0n) is 9.07. The maximum atomic E-state index is 10.2. The molecule has 0 aliphatic carbocycles. The fourth-order valence-corrected chi connectivity index (χ4v) is 1.77. The molecule has 3 rings (SSSR count). The van der Waals surface area contributed by atoms with Gasteiger partial charge in [-0.1, -0.05) is 18.2 Å². The van der Waals surface area contributed by atoms with Crippen molar-refractivity contribution in [1.29, 1.82) is 0 Å². The van der Waals surface area contributed by atoms with Crippen molar-refractivity contribution in [2.24, 2.45) is 0 Å². The fraction of sp³-hybridized carbons (Fsp3) is 0.0909. The van der Waals surface area contributed by atoms with Crippen LogP contribution in [0.4, 0.5) is 0 Å². The molecule has 84 valence electrons. The third-order valence-corrected chi connectivity index (χ3v) is 2.53. The Morgan fingerprint density at radius 2 is 1.88 bits per heavy atom. The van der Waals surface area contributed by atoms with Gasteiger partial charge in [-0.15, -0.1) is 10.2 Å². The molecular formula is C11H9N5O. The Balaban J connectivity index is 2.34. The van der Waals surface area contributed by atoms with Gasteiger partial charge in [0.05, 0.1) is 5.69 Å². The summed E-state index contributed by atoms with van der Waals surface area (Å²) in [6.07, 6.45) is 0. The second-order valence-electron chi connectivity index (χ2n) is 3.62. The zero-order chi connectivity index (χ0) is 11.8. The number of hydrogen-bond acceptors (Lipinski definition) is 5. The second kappa shape index (κ2) is 3.51. The molecule has 17 heavy (non-hydrogen) atoms. The van der Waals surface area contributed by atoms with Gasteiger partial charge in [0.1, 0.15) is 5.82 Å². The van der Waals surface area contributed by atoms with Crippen LogP contribution in [0, 0.1) is 6.92 Å². The highest BCUT2D eigenvalue weighted by molar-refractivity contribution is 5.58. The SMILES string of the molecule is Cc1nc2nnnc-2c(O)n1-c1ccccc1. The number of benzene rings is 1. The van der Waals surface area contributed by atoms with Crippen molar-refractivity contribution < 1.29 is 5.11 Å². The molecule has 6 heteroatoms. The molecule has 6 nitrogen and oxygen atoms in total. The Bertz CT molecular complexity index is 634. The quantitative estimate of drug-likeness (QED) is 0.675. The Morgan fingerprint density at radius 3 is 2.65 bits per heavy atom. The summed E-state index contributed by atoms with van der Waals surface area (Å²) in [5.74, 6) is 0.986. The Morgan fingerprint density at radius 1 is 1.12 bits per heavy atom. The summed E-state index contributed by atoms with van der Waals surface area (Å²) in [4.78, 5) is 4.24. The number of fused-ring (bicyclic) bond motifs is 1. The molecule has 0 bridgehead atoms. The van der Waals surface area contributed by atoms with Gasteiger partial charge in [0.15, 0.2) is 5.69 Å². The van der Waals surface area contributed by atoms with Crippen LogP contribution in [0.25, 0.3) is 17.2 Å². The van der Waals surface area contributed by atoms with E-state index in [4.69, 9.17) is 0 Å². The smallest absolute Gasteiger partial charge is 0.229 e. The van der Waals surface area contributed by atoms with Crippen LogP contribution in [0.1, 0.15) is 5.82 Å². The van der Waals surface area contributed by atoms with Gasteiger partial charge in [-0.3, -0.25) is 4.57 Å². The Labute approximate surface area is 96.9 Å². The van der Waals surface area contributed by atoms with Crippen molar-refractivity contribution in [2.75, 3.05) is 0 Å². The number of aryl methyl sites for hydroxylation is 1. The van der Waals surface area contributed by atoms with Crippen LogP contribution in [0.15, 0.2) is 30.3 Å². The molecule has 0 spiro atoms. The maximum absolute atomic E-state index is 10.2. The summed E-state index contributed by atoms with van der Waals surface area (Å²) < 4.78 is 1.61. The topological polar surface area (TPSA) is 76.7 Å². The monoisotopic (exact) mass is 227 g/mol. The third kappa shape index (κ3) is 1.42. The molecule has 1 N–H and O–H groups in total. The first-order chi connectivity index (χ1) is 8.27. The standard InChI is InChI=1S/C11H9N5O/c1-7-12-10-9(13-15-14-10)11(17)16(7)8-5-3-2-4-6-8/h2-6,17H,1H3. The van der Waals surface area contributed by atoms with Crippen LogP contribution in [0.5, 0.6) is 5.88 Å². The van der Waals surface area contributed by atoms with Crippen molar-refractivity contribution >= 4 is 0 Å². The van der Waals surface area contributed by atoms with Gasteiger partial charge in [-0.2, -0.15) is 0 Å². The Hall–Kier alpha value is -2.50.